The average molecular weight is 262 g/mol. The van der Waals surface area contributed by atoms with Gasteiger partial charge in [-0.1, -0.05) is 6.07 Å². The second-order valence-corrected chi connectivity index (χ2v) is 4.95. The van der Waals surface area contributed by atoms with Gasteiger partial charge in [-0.2, -0.15) is 18.2 Å². The first kappa shape index (κ1) is 14.6. The van der Waals surface area contributed by atoms with E-state index in [-0.39, 0.29) is 11.4 Å². The molecule has 0 aliphatic carbocycles. The van der Waals surface area contributed by atoms with Crippen LogP contribution in [0.15, 0.2) is 18.2 Å². The fourth-order valence-electron chi connectivity index (χ4n) is 1.22. The lowest BCUT2D eigenvalue weighted by molar-refractivity contribution is -0.139. The van der Waals surface area contributed by atoms with Crippen molar-refractivity contribution in [3.05, 3.63) is 18.2 Å². The van der Waals surface area contributed by atoms with Gasteiger partial charge in [0.05, 0.1) is 13.0 Å². The molecule has 18 heavy (non-hydrogen) atoms. The van der Waals surface area contributed by atoms with Crippen molar-refractivity contribution >= 4 is 5.82 Å². The summed E-state index contributed by atoms with van der Waals surface area (Å²) in [5.41, 5.74) is -0.169. The largest absolute Gasteiger partial charge is 0.477 e. The van der Waals surface area contributed by atoms with Gasteiger partial charge in [0.1, 0.15) is 5.82 Å². The lowest BCUT2D eigenvalue weighted by Gasteiger charge is -2.21. The normalized spacial score (nSPS) is 12.3. The van der Waals surface area contributed by atoms with E-state index in [2.05, 4.69) is 10.3 Å². The summed E-state index contributed by atoms with van der Waals surface area (Å²) in [6, 6.07) is 4.95. The van der Waals surface area contributed by atoms with Crippen LogP contribution in [-0.2, 0) is 0 Å². The Labute approximate surface area is 104 Å². The Hall–Kier alpha value is -1.46. The standard InChI is InChI=1S/C12H17F3N2O/c1-11(2,3)17-9-5-4-6-10(16-9)18-8-7-12(13,14)15/h4-6H,7-8H2,1-3H3,(H,16,17). The first-order chi connectivity index (χ1) is 8.16. The van der Waals surface area contributed by atoms with Crippen molar-refractivity contribution in [1.82, 2.24) is 4.98 Å². The maximum atomic E-state index is 11.9. The molecule has 102 valence electrons. The van der Waals surface area contributed by atoms with Crippen LogP contribution < -0.4 is 10.1 Å². The Kier molecular flexibility index (Phi) is 4.43. The molecule has 0 saturated heterocycles. The molecule has 0 aliphatic heterocycles. The van der Waals surface area contributed by atoms with E-state index < -0.39 is 19.2 Å². The van der Waals surface area contributed by atoms with Gasteiger partial charge < -0.3 is 10.1 Å². The number of halogens is 3. The number of hydrogen-bond acceptors (Lipinski definition) is 3. The molecule has 6 heteroatoms. The van der Waals surface area contributed by atoms with Crippen LogP contribution >= 0.6 is 0 Å². The molecule has 0 amide bonds. The van der Waals surface area contributed by atoms with Crippen LogP contribution in [0.2, 0.25) is 0 Å². The molecule has 0 aromatic carbocycles. The molecule has 0 saturated carbocycles. The van der Waals surface area contributed by atoms with Crippen molar-refractivity contribution in [2.24, 2.45) is 0 Å². The summed E-state index contributed by atoms with van der Waals surface area (Å²) in [7, 11) is 0. The van der Waals surface area contributed by atoms with Gasteiger partial charge in [0.15, 0.2) is 0 Å². The van der Waals surface area contributed by atoms with Gasteiger partial charge >= 0.3 is 6.18 Å². The third kappa shape index (κ3) is 6.32. The van der Waals surface area contributed by atoms with Gasteiger partial charge in [-0.15, -0.1) is 0 Å². The summed E-state index contributed by atoms with van der Waals surface area (Å²) in [6.45, 7) is 5.47. The minimum atomic E-state index is -4.21. The van der Waals surface area contributed by atoms with Crippen LogP contribution in [0.25, 0.3) is 0 Å². The van der Waals surface area contributed by atoms with Crippen molar-refractivity contribution in [2.75, 3.05) is 11.9 Å². The Morgan fingerprint density at radius 3 is 2.44 bits per heavy atom. The smallest absolute Gasteiger partial charge is 0.392 e. The minimum absolute atomic E-state index is 0.169. The van der Waals surface area contributed by atoms with E-state index in [0.717, 1.165) is 0 Å². The van der Waals surface area contributed by atoms with Crippen LogP contribution in [-0.4, -0.2) is 23.3 Å². The minimum Gasteiger partial charge on any atom is -0.477 e. The number of ether oxygens (including phenoxy) is 1. The van der Waals surface area contributed by atoms with Gasteiger partial charge in [-0.3, -0.25) is 0 Å². The first-order valence-corrected chi connectivity index (χ1v) is 5.60. The summed E-state index contributed by atoms with van der Waals surface area (Å²) in [5.74, 6) is 0.764. The predicted octanol–water partition coefficient (Wildman–Crippen LogP) is 3.62. The molecule has 0 bridgehead atoms. The first-order valence-electron chi connectivity index (χ1n) is 5.60. The van der Waals surface area contributed by atoms with Crippen LogP contribution in [0.3, 0.4) is 0 Å². The second kappa shape index (κ2) is 5.46. The maximum Gasteiger partial charge on any atom is 0.392 e. The summed E-state index contributed by atoms with van der Waals surface area (Å²) < 4.78 is 40.8. The highest BCUT2D eigenvalue weighted by Gasteiger charge is 2.26. The van der Waals surface area contributed by atoms with E-state index in [9.17, 15) is 13.2 Å². The zero-order valence-electron chi connectivity index (χ0n) is 10.6. The second-order valence-electron chi connectivity index (χ2n) is 4.95. The Morgan fingerprint density at radius 2 is 1.89 bits per heavy atom. The molecule has 3 nitrogen and oxygen atoms in total. The molecule has 1 heterocycles. The molecule has 0 unspecified atom stereocenters. The lowest BCUT2D eigenvalue weighted by atomic mass is 10.1. The highest BCUT2D eigenvalue weighted by Crippen LogP contribution is 2.20. The average Bonchev–Trinajstić information content (AvgIpc) is 2.13. The molecule has 0 radical (unpaired) electrons. The van der Waals surface area contributed by atoms with E-state index in [1.165, 1.54) is 6.07 Å². The van der Waals surface area contributed by atoms with Crippen LogP contribution in [0.4, 0.5) is 19.0 Å². The monoisotopic (exact) mass is 262 g/mol. The number of nitrogens with zero attached hydrogens (tertiary/aromatic N) is 1. The van der Waals surface area contributed by atoms with Crippen LogP contribution in [0, 0.1) is 0 Å². The van der Waals surface area contributed by atoms with E-state index in [1.54, 1.807) is 12.1 Å². The quantitative estimate of drug-likeness (QED) is 0.899. The van der Waals surface area contributed by atoms with E-state index in [1.807, 2.05) is 20.8 Å². The van der Waals surface area contributed by atoms with Gasteiger partial charge in [0.25, 0.3) is 0 Å². The molecular weight excluding hydrogens is 245 g/mol. The van der Waals surface area contributed by atoms with Gasteiger partial charge in [0.2, 0.25) is 5.88 Å². The number of alkyl halides is 3. The number of pyridine rings is 1. The Bertz CT molecular complexity index is 386. The third-order valence-electron chi connectivity index (χ3n) is 1.86. The van der Waals surface area contributed by atoms with E-state index >= 15 is 0 Å². The summed E-state index contributed by atoms with van der Waals surface area (Å²) in [5, 5.41) is 3.11. The maximum absolute atomic E-state index is 11.9. The zero-order valence-corrected chi connectivity index (χ0v) is 10.6. The molecule has 1 aromatic rings. The molecule has 0 fully saturated rings. The fraction of sp³-hybridized carbons (Fsp3) is 0.583. The Morgan fingerprint density at radius 1 is 1.22 bits per heavy atom. The van der Waals surface area contributed by atoms with Crippen LogP contribution in [0.5, 0.6) is 5.88 Å². The topological polar surface area (TPSA) is 34.1 Å². The van der Waals surface area contributed by atoms with Crippen molar-refractivity contribution in [2.45, 2.75) is 38.9 Å². The van der Waals surface area contributed by atoms with Crippen molar-refractivity contribution in [3.63, 3.8) is 0 Å². The molecule has 1 rings (SSSR count). The third-order valence-corrected chi connectivity index (χ3v) is 1.86. The van der Waals surface area contributed by atoms with Crippen molar-refractivity contribution in [3.8, 4) is 5.88 Å². The van der Waals surface area contributed by atoms with Gasteiger partial charge in [0, 0.05) is 11.6 Å². The number of aromatic nitrogens is 1. The highest BCUT2D eigenvalue weighted by molar-refractivity contribution is 5.39. The summed E-state index contributed by atoms with van der Waals surface area (Å²) in [6.07, 6.45) is -5.19. The molecule has 1 N–H and O–H groups in total. The van der Waals surface area contributed by atoms with Crippen molar-refractivity contribution < 1.29 is 17.9 Å². The molecular formula is C12H17F3N2O. The molecule has 0 atom stereocenters. The van der Waals surface area contributed by atoms with Gasteiger partial charge in [-0.25, -0.2) is 0 Å². The van der Waals surface area contributed by atoms with E-state index in [0.29, 0.717) is 5.82 Å². The van der Waals surface area contributed by atoms with Crippen LogP contribution in [0.1, 0.15) is 27.2 Å². The number of hydrogen-bond donors (Lipinski definition) is 1. The SMILES string of the molecule is CC(C)(C)Nc1cccc(OCCC(F)(F)F)n1. The van der Waals surface area contributed by atoms with Gasteiger partial charge in [-0.05, 0) is 26.8 Å². The number of anilines is 1. The summed E-state index contributed by atoms with van der Waals surface area (Å²) in [4.78, 5) is 4.08. The molecule has 0 spiro atoms. The number of nitrogens with one attached hydrogen (secondary N) is 1. The predicted molar refractivity (Wildman–Crippen MR) is 63.8 cm³/mol. The molecule has 0 aliphatic rings. The lowest BCUT2D eigenvalue weighted by Crippen LogP contribution is -2.26. The summed E-state index contributed by atoms with van der Waals surface area (Å²) >= 11 is 0. The number of rotatable bonds is 4. The highest BCUT2D eigenvalue weighted by atomic mass is 19.4. The molecule has 1 aromatic heterocycles. The van der Waals surface area contributed by atoms with E-state index in [4.69, 9.17) is 4.74 Å². The fourth-order valence-corrected chi connectivity index (χ4v) is 1.22. The zero-order chi connectivity index (χ0) is 13.8. The van der Waals surface area contributed by atoms with Crippen molar-refractivity contribution in [1.29, 1.82) is 0 Å². The Balaban J connectivity index is 2.55.